The molecule has 0 amide bonds. The molecular weight excluding hydrogens is 530 g/mol. The van der Waals surface area contributed by atoms with Crippen molar-refractivity contribution in [1.29, 1.82) is 0 Å². The van der Waals surface area contributed by atoms with Crippen LogP contribution in [0, 0.1) is 0 Å². The van der Waals surface area contributed by atoms with Crippen molar-refractivity contribution >= 4 is 22.6 Å². The predicted octanol–water partition coefficient (Wildman–Crippen LogP) is 11.3. The molecule has 44 heavy (non-hydrogen) atoms. The molecular formula is C43H33N. The van der Waals surface area contributed by atoms with Gasteiger partial charge in [-0.15, -0.1) is 0 Å². The van der Waals surface area contributed by atoms with Crippen LogP contribution in [0.2, 0.25) is 0 Å². The van der Waals surface area contributed by atoms with Crippen LogP contribution in [-0.2, 0) is 5.41 Å². The molecule has 0 heterocycles. The molecule has 2 aliphatic carbocycles. The number of fused-ring (bicyclic) bond motifs is 3. The van der Waals surface area contributed by atoms with Crippen molar-refractivity contribution in [3.63, 3.8) is 0 Å². The first kappa shape index (κ1) is 26.2. The standard InChI is InChI=1S/C43H33N/c1-4-14-32(15-5-1)33-24-28-37(29-25-33)44(36-18-8-3-9-19-36)38-30-26-35(27-31-38)43(34-16-6-2-7-17-34)41-22-12-10-20-39(41)40-21-11-13-23-42(40)43/h2-4,6-31H,1,5H2. The molecule has 0 fully saturated rings. The Morgan fingerprint density at radius 3 is 1.52 bits per heavy atom. The first-order valence-electron chi connectivity index (χ1n) is 15.5. The molecule has 0 aliphatic heterocycles. The number of nitrogens with zero attached hydrogens (tertiary/aromatic N) is 1. The first-order valence-corrected chi connectivity index (χ1v) is 15.5. The van der Waals surface area contributed by atoms with E-state index in [2.05, 4.69) is 181 Å². The van der Waals surface area contributed by atoms with Gasteiger partial charge in [-0.25, -0.2) is 0 Å². The van der Waals surface area contributed by atoms with Crippen LogP contribution in [0.4, 0.5) is 17.1 Å². The molecule has 0 radical (unpaired) electrons. The van der Waals surface area contributed by atoms with Gasteiger partial charge in [-0.3, -0.25) is 0 Å². The molecule has 6 aromatic rings. The van der Waals surface area contributed by atoms with Crippen molar-refractivity contribution in [3.05, 3.63) is 204 Å². The fourth-order valence-corrected chi connectivity index (χ4v) is 7.23. The van der Waals surface area contributed by atoms with Gasteiger partial charge in [-0.1, -0.05) is 140 Å². The predicted molar refractivity (Wildman–Crippen MR) is 185 cm³/mol. The van der Waals surface area contributed by atoms with Gasteiger partial charge in [0.15, 0.2) is 0 Å². The second-order valence-corrected chi connectivity index (χ2v) is 11.6. The van der Waals surface area contributed by atoms with Gasteiger partial charge < -0.3 is 4.90 Å². The monoisotopic (exact) mass is 563 g/mol. The van der Waals surface area contributed by atoms with Gasteiger partial charge >= 0.3 is 0 Å². The Morgan fingerprint density at radius 2 is 0.932 bits per heavy atom. The van der Waals surface area contributed by atoms with E-state index in [0.29, 0.717) is 0 Å². The fourth-order valence-electron chi connectivity index (χ4n) is 7.23. The van der Waals surface area contributed by atoms with Gasteiger partial charge in [-0.2, -0.15) is 0 Å². The summed E-state index contributed by atoms with van der Waals surface area (Å²) in [7, 11) is 0. The highest BCUT2D eigenvalue weighted by Gasteiger charge is 2.45. The van der Waals surface area contributed by atoms with Crippen molar-refractivity contribution in [3.8, 4) is 11.1 Å². The van der Waals surface area contributed by atoms with Crippen molar-refractivity contribution < 1.29 is 0 Å². The molecule has 0 aromatic heterocycles. The van der Waals surface area contributed by atoms with Crippen molar-refractivity contribution in [2.75, 3.05) is 4.90 Å². The van der Waals surface area contributed by atoms with E-state index >= 15 is 0 Å². The van der Waals surface area contributed by atoms with Crippen LogP contribution in [0.25, 0.3) is 16.7 Å². The zero-order chi connectivity index (χ0) is 29.3. The summed E-state index contributed by atoms with van der Waals surface area (Å²) < 4.78 is 0. The fraction of sp³-hybridized carbons (Fsp3) is 0.0698. The minimum Gasteiger partial charge on any atom is -0.311 e. The summed E-state index contributed by atoms with van der Waals surface area (Å²) in [6, 6.07) is 57.7. The van der Waals surface area contributed by atoms with Crippen molar-refractivity contribution in [2.24, 2.45) is 0 Å². The van der Waals surface area contributed by atoms with Crippen LogP contribution in [-0.4, -0.2) is 0 Å². The molecule has 0 spiro atoms. The second-order valence-electron chi connectivity index (χ2n) is 11.6. The average Bonchev–Trinajstić information content (AvgIpc) is 3.41. The molecule has 0 bridgehead atoms. The molecule has 6 aromatic carbocycles. The highest BCUT2D eigenvalue weighted by molar-refractivity contribution is 5.87. The molecule has 0 saturated heterocycles. The minimum atomic E-state index is -0.395. The van der Waals surface area contributed by atoms with Gasteiger partial charge in [-0.05, 0) is 93.8 Å². The number of benzene rings is 6. The summed E-state index contributed by atoms with van der Waals surface area (Å²) in [5.74, 6) is 0. The van der Waals surface area contributed by atoms with E-state index in [9.17, 15) is 0 Å². The van der Waals surface area contributed by atoms with Gasteiger partial charge in [0.05, 0.1) is 5.41 Å². The third-order valence-electron chi connectivity index (χ3n) is 9.19. The number of allylic oxidation sites excluding steroid dienone is 4. The molecule has 210 valence electrons. The maximum Gasteiger partial charge on any atom is 0.0713 e. The van der Waals surface area contributed by atoms with E-state index in [0.717, 1.165) is 29.9 Å². The lowest BCUT2D eigenvalue weighted by atomic mass is 9.68. The summed E-state index contributed by atoms with van der Waals surface area (Å²) in [5.41, 5.74) is 13.4. The second kappa shape index (κ2) is 11.0. The van der Waals surface area contributed by atoms with Crippen LogP contribution in [0.1, 0.15) is 40.7 Å². The summed E-state index contributed by atoms with van der Waals surface area (Å²) in [6.07, 6.45) is 9.08. The Balaban J connectivity index is 1.27. The Kier molecular flexibility index (Phi) is 6.57. The molecule has 2 aliphatic rings. The van der Waals surface area contributed by atoms with E-state index < -0.39 is 5.41 Å². The average molecular weight is 564 g/mol. The van der Waals surface area contributed by atoms with Crippen LogP contribution in [0.3, 0.4) is 0 Å². The molecule has 8 rings (SSSR count). The highest BCUT2D eigenvalue weighted by atomic mass is 15.1. The van der Waals surface area contributed by atoms with Crippen molar-refractivity contribution in [2.45, 2.75) is 18.3 Å². The van der Waals surface area contributed by atoms with E-state index in [-0.39, 0.29) is 0 Å². The third-order valence-corrected chi connectivity index (χ3v) is 9.19. The Morgan fingerprint density at radius 1 is 0.432 bits per heavy atom. The SMILES string of the molecule is C1=CC(c2ccc(N(c3ccccc3)c3ccc(C4(c5ccccc5)c5ccccc5-c5ccccc54)cc3)cc2)=CCC1. The maximum atomic E-state index is 2.35. The molecule has 1 heteroatoms. The van der Waals surface area contributed by atoms with Gasteiger partial charge in [0.2, 0.25) is 0 Å². The quantitative estimate of drug-likeness (QED) is 0.194. The Hall–Kier alpha value is -5.40. The summed E-state index contributed by atoms with van der Waals surface area (Å²) in [6.45, 7) is 0. The number of anilines is 3. The molecule has 0 saturated carbocycles. The highest BCUT2D eigenvalue weighted by Crippen LogP contribution is 2.56. The lowest BCUT2D eigenvalue weighted by Crippen LogP contribution is -2.28. The lowest BCUT2D eigenvalue weighted by molar-refractivity contribution is 0.768. The maximum absolute atomic E-state index is 2.35. The zero-order valence-electron chi connectivity index (χ0n) is 24.6. The number of hydrogen-bond acceptors (Lipinski definition) is 1. The number of hydrogen-bond donors (Lipinski definition) is 0. The summed E-state index contributed by atoms with van der Waals surface area (Å²) in [4.78, 5) is 2.35. The van der Waals surface area contributed by atoms with Gasteiger partial charge in [0.1, 0.15) is 0 Å². The van der Waals surface area contributed by atoms with E-state index in [4.69, 9.17) is 0 Å². The smallest absolute Gasteiger partial charge is 0.0713 e. The van der Waals surface area contributed by atoms with E-state index in [1.807, 2.05) is 0 Å². The number of para-hydroxylation sites is 1. The minimum absolute atomic E-state index is 0.395. The normalized spacial score (nSPS) is 14.4. The summed E-state index contributed by atoms with van der Waals surface area (Å²) in [5, 5.41) is 0. The lowest BCUT2D eigenvalue weighted by Gasteiger charge is -2.34. The zero-order valence-corrected chi connectivity index (χ0v) is 24.6. The van der Waals surface area contributed by atoms with E-state index in [1.54, 1.807) is 0 Å². The topological polar surface area (TPSA) is 3.24 Å². The molecule has 0 unspecified atom stereocenters. The van der Waals surface area contributed by atoms with Crippen LogP contribution in [0.15, 0.2) is 176 Å². The van der Waals surface area contributed by atoms with E-state index in [1.165, 1.54) is 44.5 Å². The molecule has 1 nitrogen and oxygen atoms in total. The third kappa shape index (κ3) is 4.24. The van der Waals surface area contributed by atoms with Crippen LogP contribution in [0.5, 0.6) is 0 Å². The molecule has 0 atom stereocenters. The first-order chi connectivity index (χ1) is 21.8. The Labute approximate surface area is 260 Å². The van der Waals surface area contributed by atoms with Gasteiger partial charge in [0.25, 0.3) is 0 Å². The largest absolute Gasteiger partial charge is 0.311 e. The van der Waals surface area contributed by atoms with Gasteiger partial charge in [0, 0.05) is 17.1 Å². The number of rotatable bonds is 6. The van der Waals surface area contributed by atoms with Crippen LogP contribution < -0.4 is 4.90 Å². The molecule has 0 N–H and O–H groups in total. The Bertz CT molecular complexity index is 1940. The summed E-state index contributed by atoms with van der Waals surface area (Å²) >= 11 is 0. The van der Waals surface area contributed by atoms with Crippen molar-refractivity contribution in [1.82, 2.24) is 0 Å². The van der Waals surface area contributed by atoms with Crippen LogP contribution >= 0.6 is 0 Å².